The molecule has 0 aromatic rings. The van der Waals surface area contributed by atoms with Gasteiger partial charge in [0.15, 0.2) is 0 Å². The Morgan fingerprint density at radius 2 is 1.45 bits per heavy atom. The van der Waals surface area contributed by atoms with E-state index in [0.29, 0.717) is 17.6 Å². The van der Waals surface area contributed by atoms with E-state index in [4.69, 9.17) is 4.74 Å². The highest BCUT2D eigenvalue weighted by atomic mass is 16.5. The Kier molecular flexibility index (Phi) is 4.80. The molecule has 3 aliphatic rings. The van der Waals surface area contributed by atoms with E-state index in [9.17, 15) is 4.79 Å². The summed E-state index contributed by atoms with van der Waals surface area (Å²) in [5.41, 5.74) is 0.0849. The Balaban J connectivity index is 1.62. The smallest absolute Gasteiger partial charge is 0.139 e. The largest absolute Gasteiger partial charge is 0.375 e. The topological polar surface area (TPSA) is 26.3 Å². The average molecular weight is 278 g/mol. The van der Waals surface area contributed by atoms with E-state index in [1.165, 1.54) is 57.8 Å². The lowest BCUT2D eigenvalue weighted by Gasteiger charge is -2.43. The minimum absolute atomic E-state index is 0.0849. The standard InChI is InChI=1S/C18H30O2/c19-17(15-8-4-1-2-5-9-15)16-10-13-20-18(14-16)11-6-3-7-12-18/h15-16H,1-14H2. The van der Waals surface area contributed by atoms with Crippen molar-refractivity contribution in [2.24, 2.45) is 11.8 Å². The average Bonchev–Trinajstić information content (AvgIpc) is 2.76. The molecule has 1 unspecified atom stereocenters. The molecule has 0 radical (unpaired) electrons. The number of carbonyl (C=O) groups is 1. The molecule has 1 spiro atoms. The molecular formula is C18H30O2. The number of hydrogen-bond donors (Lipinski definition) is 0. The molecule has 2 nitrogen and oxygen atoms in total. The lowest BCUT2D eigenvalue weighted by Crippen LogP contribution is -2.44. The van der Waals surface area contributed by atoms with Gasteiger partial charge in [0.05, 0.1) is 5.60 Å². The van der Waals surface area contributed by atoms with Crippen molar-refractivity contribution in [1.82, 2.24) is 0 Å². The first-order chi connectivity index (χ1) is 9.79. The second kappa shape index (κ2) is 6.60. The maximum Gasteiger partial charge on any atom is 0.139 e. The molecule has 20 heavy (non-hydrogen) atoms. The van der Waals surface area contributed by atoms with Gasteiger partial charge < -0.3 is 4.74 Å². The lowest BCUT2D eigenvalue weighted by molar-refractivity contribution is -0.146. The molecule has 3 rings (SSSR count). The number of hydrogen-bond acceptors (Lipinski definition) is 2. The van der Waals surface area contributed by atoms with Gasteiger partial charge in [-0.05, 0) is 38.5 Å². The van der Waals surface area contributed by atoms with Gasteiger partial charge in [-0.2, -0.15) is 0 Å². The summed E-state index contributed by atoms with van der Waals surface area (Å²) in [5.74, 6) is 1.28. The molecule has 1 heterocycles. The van der Waals surface area contributed by atoms with E-state index in [0.717, 1.165) is 32.3 Å². The van der Waals surface area contributed by atoms with E-state index in [-0.39, 0.29) is 5.60 Å². The van der Waals surface area contributed by atoms with Crippen molar-refractivity contribution in [1.29, 1.82) is 0 Å². The van der Waals surface area contributed by atoms with E-state index in [1.807, 2.05) is 0 Å². The summed E-state index contributed by atoms with van der Waals surface area (Å²) in [6.45, 7) is 0.823. The molecule has 0 amide bonds. The first-order valence-electron chi connectivity index (χ1n) is 8.97. The molecule has 1 saturated heterocycles. The van der Waals surface area contributed by atoms with Crippen LogP contribution in [0.25, 0.3) is 0 Å². The fourth-order valence-corrected chi connectivity index (χ4v) is 4.71. The molecular weight excluding hydrogens is 248 g/mol. The third-order valence-electron chi connectivity index (χ3n) is 5.92. The Hall–Kier alpha value is -0.370. The van der Waals surface area contributed by atoms with Gasteiger partial charge in [-0.3, -0.25) is 4.79 Å². The summed E-state index contributed by atoms with van der Waals surface area (Å²) in [6, 6.07) is 0. The van der Waals surface area contributed by atoms with Gasteiger partial charge in [0.1, 0.15) is 5.78 Å². The molecule has 3 fully saturated rings. The maximum absolute atomic E-state index is 12.9. The molecule has 2 saturated carbocycles. The molecule has 2 aliphatic carbocycles. The summed E-state index contributed by atoms with van der Waals surface area (Å²) in [6.07, 6.45) is 15.9. The monoisotopic (exact) mass is 278 g/mol. The Bertz CT molecular complexity index is 317. The first-order valence-corrected chi connectivity index (χ1v) is 8.97. The number of ketones is 1. The predicted molar refractivity (Wildman–Crippen MR) is 80.7 cm³/mol. The number of ether oxygens (including phenoxy) is 1. The van der Waals surface area contributed by atoms with Gasteiger partial charge in [0, 0.05) is 18.4 Å². The quantitative estimate of drug-likeness (QED) is 0.687. The van der Waals surface area contributed by atoms with Crippen LogP contribution >= 0.6 is 0 Å². The second-order valence-electron chi connectivity index (χ2n) is 7.37. The van der Waals surface area contributed by atoms with Gasteiger partial charge in [-0.25, -0.2) is 0 Å². The van der Waals surface area contributed by atoms with Gasteiger partial charge >= 0.3 is 0 Å². The minimum Gasteiger partial charge on any atom is -0.375 e. The number of Topliss-reactive ketones (excluding diaryl/α,β-unsaturated/α-hetero) is 1. The zero-order valence-corrected chi connectivity index (χ0v) is 12.9. The van der Waals surface area contributed by atoms with Crippen LogP contribution in [-0.4, -0.2) is 18.0 Å². The lowest BCUT2D eigenvalue weighted by atomic mass is 9.73. The number of carbonyl (C=O) groups excluding carboxylic acids is 1. The zero-order valence-electron chi connectivity index (χ0n) is 12.9. The molecule has 0 N–H and O–H groups in total. The Morgan fingerprint density at radius 1 is 0.800 bits per heavy atom. The molecule has 1 atom stereocenters. The SMILES string of the molecule is O=C(C1CCCCCC1)C1CCOC2(CCCCC2)C1. The van der Waals surface area contributed by atoms with E-state index in [1.54, 1.807) is 0 Å². The van der Waals surface area contributed by atoms with Crippen LogP contribution in [0.1, 0.15) is 83.5 Å². The zero-order chi connectivity index (χ0) is 13.8. The van der Waals surface area contributed by atoms with Gasteiger partial charge in [0.2, 0.25) is 0 Å². The maximum atomic E-state index is 12.9. The summed E-state index contributed by atoms with van der Waals surface area (Å²) in [5, 5.41) is 0. The molecule has 0 aromatic carbocycles. The van der Waals surface area contributed by atoms with Crippen LogP contribution in [-0.2, 0) is 9.53 Å². The highest BCUT2D eigenvalue weighted by molar-refractivity contribution is 5.83. The number of rotatable bonds is 2. The van der Waals surface area contributed by atoms with E-state index >= 15 is 0 Å². The fourth-order valence-electron chi connectivity index (χ4n) is 4.71. The molecule has 1 aliphatic heterocycles. The molecule has 114 valence electrons. The predicted octanol–water partition coefficient (Wildman–Crippen LogP) is 4.66. The van der Waals surface area contributed by atoms with Gasteiger partial charge in [-0.1, -0.05) is 44.9 Å². The van der Waals surface area contributed by atoms with Crippen LogP contribution in [0.2, 0.25) is 0 Å². The third-order valence-corrected chi connectivity index (χ3v) is 5.92. The summed E-state index contributed by atoms with van der Waals surface area (Å²) < 4.78 is 6.15. The minimum atomic E-state index is 0.0849. The van der Waals surface area contributed by atoms with Crippen LogP contribution in [0, 0.1) is 11.8 Å². The van der Waals surface area contributed by atoms with Crippen LogP contribution < -0.4 is 0 Å². The van der Waals surface area contributed by atoms with Crippen molar-refractivity contribution in [2.75, 3.05) is 6.61 Å². The van der Waals surface area contributed by atoms with Crippen molar-refractivity contribution < 1.29 is 9.53 Å². The Labute approximate surface area is 123 Å². The van der Waals surface area contributed by atoms with Crippen LogP contribution in [0.3, 0.4) is 0 Å². The van der Waals surface area contributed by atoms with Crippen LogP contribution in [0.15, 0.2) is 0 Å². The third kappa shape index (κ3) is 3.27. The summed E-state index contributed by atoms with van der Waals surface area (Å²) >= 11 is 0. The highest BCUT2D eigenvalue weighted by Gasteiger charge is 2.41. The summed E-state index contributed by atoms with van der Waals surface area (Å²) in [7, 11) is 0. The Morgan fingerprint density at radius 3 is 2.15 bits per heavy atom. The van der Waals surface area contributed by atoms with Crippen LogP contribution in [0.4, 0.5) is 0 Å². The molecule has 0 bridgehead atoms. The van der Waals surface area contributed by atoms with Crippen molar-refractivity contribution in [3.63, 3.8) is 0 Å². The van der Waals surface area contributed by atoms with E-state index in [2.05, 4.69) is 0 Å². The van der Waals surface area contributed by atoms with E-state index < -0.39 is 0 Å². The van der Waals surface area contributed by atoms with Crippen molar-refractivity contribution in [3.8, 4) is 0 Å². The van der Waals surface area contributed by atoms with Crippen molar-refractivity contribution in [3.05, 3.63) is 0 Å². The second-order valence-corrected chi connectivity index (χ2v) is 7.37. The first kappa shape index (κ1) is 14.6. The van der Waals surface area contributed by atoms with Crippen molar-refractivity contribution >= 4 is 5.78 Å². The normalized spacial score (nSPS) is 31.9. The van der Waals surface area contributed by atoms with Crippen LogP contribution in [0.5, 0.6) is 0 Å². The molecule has 0 aromatic heterocycles. The fraction of sp³-hybridized carbons (Fsp3) is 0.944. The van der Waals surface area contributed by atoms with Gasteiger partial charge in [-0.15, -0.1) is 0 Å². The molecule has 2 heteroatoms. The summed E-state index contributed by atoms with van der Waals surface area (Å²) in [4.78, 5) is 12.9. The highest BCUT2D eigenvalue weighted by Crippen LogP contribution is 2.42. The van der Waals surface area contributed by atoms with Crippen molar-refractivity contribution in [2.45, 2.75) is 89.1 Å². The van der Waals surface area contributed by atoms with Gasteiger partial charge in [0.25, 0.3) is 0 Å².